The summed E-state index contributed by atoms with van der Waals surface area (Å²) in [5, 5.41) is 8.90. The van der Waals surface area contributed by atoms with Crippen LogP contribution in [0.4, 0.5) is 0 Å². The van der Waals surface area contributed by atoms with E-state index in [2.05, 4.69) is 10.3 Å². The Morgan fingerprint density at radius 2 is 1.83 bits per heavy atom. The van der Waals surface area contributed by atoms with E-state index in [0.717, 1.165) is 16.5 Å². The number of nitrogens with one attached hydrogen (secondary N) is 2. The highest BCUT2D eigenvalue weighted by molar-refractivity contribution is 7.89. The Balaban J connectivity index is 1.58. The van der Waals surface area contributed by atoms with Gasteiger partial charge < -0.3 is 10.3 Å². The third kappa shape index (κ3) is 3.64. The number of fused-ring (bicyclic) bond motifs is 1. The molecule has 0 atom stereocenters. The van der Waals surface area contributed by atoms with E-state index in [-0.39, 0.29) is 10.8 Å². The minimum atomic E-state index is -3.68. The van der Waals surface area contributed by atoms with E-state index in [9.17, 15) is 13.2 Å². The first-order chi connectivity index (χ1) is 11.4. The summed E-state index contributed by atoms with van der Waals surface area (Å²) in [5.41, 5.74) is 2.51. The molecule has 0 saturated carbocycles. The highest BCUT2D eigenvalue weighted by Crippen LogP contribution is 2.14. The third-order valence-electron chi connectivity index (χ3n) is 3.77. The zero-order valence-corrected chi connectivity index (χ0v) is 13.6. The molecule has 2 aromatic carbocycles. The van der Waals surface area contributed by atoms with Gasteiger partial charge in [-0.1, -0.05) is 12.1 Å². The second kappa shape index (κ2) is 6.46. The van der Waals surface area contributed by atoms with Gasteiger partial charge in [0.2, 0.25) is 10.0 Å². The molecule has 0 bridgehead atoms. The van der Waals surface area contributed by atoms with Gasteiger partial charge in [-0.3, -0.25) is 4.79 Å². The van der Waals surface area contributed by atoms with Gasteiger partial charge in [-0.25, -0.2) is 13.6 Å². The average molecular weight is 343 g/mol. The number of aromatic nitrogens is 1. The molecule has 3 rings (SSSR count). The van der Waals surface area contributed by atoms with E-state index >= 15 is 0 Å². The van der Waals surface area contributed by atoms with Crippen molar-refractivity contribution in [2.45, 2.75) is 11.3 Å². The lowest BCUT2D eigenvalue weighted by molar-refractivity contribution is 0.0954. The van der Waals surface area contributed by atoms with Gasteiger partial charge in [0, 0.05) is 29.2 Å². The van der Waals surface area contributed by atoms with Crippen LogP contribution in [0.5, 0.6) is 0 Å². The lowest BCUT2D eigenvalue weighted by atomic mass is 10.1. The number of carbonyl (C=O) groups is 1. The number of hydrogen-bond acceptors (Lipinski definition) is 3. The lowest BCUT2D eigenvalue weighted by Crippen LogP contribution is -2.25. The van der Waals surface area contributed by atoms with Gasteiger partial charge in [-0.2, -0.15) is 0 Å². The number of nitrogens with two attached hydrogens (primary N) is 1. The van der Waals surface area contributed by atoms with Crippen molar-refractivity contribution < 1.29 is 13.2 Å². The van der Waals surface area contributed by atoms with Gasteiger partial charge in [0.15, 0.2) is 0 Å². The smallest absolute Gasteiger partial charge is 0.251 e. The predicted molar refractivity (Wildman–Crippen MR) is 92.2 cm³/mol. The third-order valence-corrected chi connectivity index (χ3v) is 4.70. The Hall–Kier alpha value is -2.64. The minimum absolute atomic E-state index is 0.0788. The number of carbonyl (C=O) groups excluding carboxylic acids is 1. The maximum atomic E-state index is 12.2. The van der Waals surface area contributed by atoms with E-state index < -0.39 is 10.0 Å². The van der Waals surface area contributed by atoms with Crippen LogP contribution in [0.2, 0.25) is 0 Å². The molecule has 7 heteroatoms. The second-order valence-corrected chi connectivity index (χ2v) is 7.04. The fourth-order valence-corrected chi connectivity index (χ4v) is 2.98. The van der Waals surface area contributed by atoms with Crippen molar-refractivity contribution >= 4 is 26.8 Å². The molecule has 0 aliphatic heterocycles. The van der Waals surface area contributed by atoms with Crippen molar-refractivity contribution in [3.63, 3.8) is 0 Å². The number of amides is 1. The van der Waals surface area contributed by atoms with E-state index in [4.69, 9.17) is 5.14 Å². The van der Waals surface area contributed by atoms with E-state index in [1.54, 1.807) is 18.2 Å². The van der Waals surface area contributed by atoms with Crippen LogP contribution in [0.1, 0.15) is 15.9 Å². The quantitative estimate of drug-likeness (QED) is 0.657. The number of aromatic amines is 1. The monoisotopic (exact) mass is 343 g/mol. The normalized spacial score (nSPS) is 11.5. The molecule has 4 N–H and O–H groups in total. The van der Waals surface area contributed by atoms with E-state index in [1.165, 1.54) is 12.1 Å². The summed E-state index contributed by atoms with van der Waals surface area (Å²) >= 11 is 0. The van der Waals surface area contributed by atoms with E-state index in [0.29, 0.717) is 18.5 Å². The molecule has 0 saturated heterocycles. The SMILES string of the molecule is NS(=O)(=O)c1ccc(CCNC(=O)c2ccc3[nH]ccc3c2)cc1. The number of sulfonamides is 1. The number of hydrogen-bond donors (Lipinski definition) is 3. The van der Waals surface area contributed by atoms with Crippen LogP contribution in [-0.4, -0.2) is 25.9 Å². The summed E-state index contributed by atoms with van der Waals surface area (Å²) in [4.78, 5) is 15.3. The Bertz CT molecular complexity index is 976. The molecule has 3 aromatic rings. The maximum absolute atomic E-state index is 12.2. The fourth-order valence-electron chi connectivity index (χ4n) is 2.46. The molecular formula is C17H17N3O3S. The van der Waals surface area contributed by atoms with Crippen molar-refractivity contribution in [3.8, 4) is 0 Å². The highest BCUT2D eigenvalue weighted by Gasteiger charge is 2.08. The molecule has 0 unspecified atom stereocenters. The van der Waals surface area contributed by atoms with Crippen LogP contribution in [-0.2, 0) is 16.4 Å². The van der Waals surface area contributed by atoms with Gasteiger partial charge in [0.25, 0.3) is 5.91 Å². The average Bonchev–Trinajstić information content (AvgIpc) is 3.02. The molecule has 0 fully saturated rings. The van der Waals surface area contributed by atoms with Crippen LogP contribution in [0.25, 0.3) is 10.9 Å². The lowest BCUT2D eigenvalue weighted by Gasteiger charge is -2.06. The van der Waals surface area contributed by atoms with Crippen LogP contribution < -0.4 is 10.5 Å². The molecule has 0 radical (unpaired) electrons. The van der Waals surface area contributed by atoms with Crippen LogP contribution in [0.3, 0.4) is 0 Å². The second-order valence-electron chi connectivity index (χ2n) is 5.47. The van der Waals surface area contributed by atoms with Crippen molar-refractivity contribution in [3.05, 3.63) is 65.9 Å². The van der Waals surface area contributed by atoms with Crippen molar-refractivity contribution in [1.82, 2.24) is 10.3 Å². The molecule has 0 spiro atoms. The molecule has 6 nitrogen and oxygen atoms in total. The standard InChI is InChI=1S/C17H17N3O3S/c18-24(22,23)15-4-1-12(2-5-15)7-9-20-17(21)14-3-6-16-13(11-14)8-10-19-16/h1-6,8,10-11,19H,7,9H2,(H,20,21)(H2,18,22,23). The molecule has 1 heterocycles. The molecule has 0 aliphatic carbocycles. The first kappa shape index (κ1) is 16.2. The Morgan fingerprint density at radius 1 is 1.08 bits per heavy atom. The number of rotatable bonds is 5. The summed E-state index contributed by atoms with van der Waals surface area (Å²) in [7, 11) is -3.68. The van der Waals surface area contributed by atoms with Gasteiger partial charge >= 0.3 is 0 Å². The topological polar surface area (TPSA) is 105 Å². The Kier molecular flexibility index (Phi) is 4.37. The van der Waals surface area contributed by atoms with Crippen LogP contribution in [0.15, 0.2) is 59.6 Å². The van der Waals surface area contributed by atoms with E-state index in [1.807, 2.05) is 24.4 Å². The summed E-state index contributed by atoms with van der Waals surface area (Å²) in [6.07, 6.45) is 2.43. The minimum Gasteiger partial charge on any atom is -0.361 e. The zero-order valence-electron chi connectivity index (χ0n) is 12.8. The predicted octanol–water partition coefficient (Wildman–Crippen LogP) is 1.79. The Morgan fingerprint density at radius 3 is 2.54 bits per heavy atom. The molecule has 24 heavy (non-hydrogen) atoms. The van der Waals surface area contributed by atoms with Gasteiger partial charge in [0.1, 0.15) is 0 Å². The maximum Gasteiger partial charge on any atom is 0.251 e. The summed E-state index contributed by atoms with van der Waals surface area (Å²) in [6, 6.07) is 13.7. The molecule has 1 amide bonds. The van der Waals surface area contributed by atoms with Gasteiger partial charge in [0.05, 0.1) is 4.90 Å². The Labute approximate surface area is 139 Å². The zero-order chi connectivity index (χ0) is 17.2. The van der Waals surface area contributed by atoms with Crippen LogP contribution >= 0.6 is 0 Å². The fraction of sp³-hybridized carbons (Fsp3) is 0.118. The number of benzene rings is 2. The first-order valence-corrected chi connectivity index (χ1v) is 8.95. The van der Waals surface area contributed by atoms with Gasteiger partial charge in [-0.15, -0.1) is 0 Å². The molecule has 124 valence electrons. The van der Waals surface area contributed by atoms with Gasteiger partial charge in [-0.05, 0) is 48.4 Å². The van der Waals surface area contributed by atoms with Crippen molar-refractivity contribution in [1.29, 1.82) is 0 Å². The largest absolute Gasteiger partial charge is 0.361 e. The van der Waals surface area contributed by atoms with Crippen molar-refractivity contribution in [2.75, 3.05) is 6.54 Å². The highest BCUT2D eigenvalue weighted by atomic mass is 32.2. The first-order valence-electron chi connectivity index (χ1n) is 7.40. The molecular weight excluding hydrogens is 326 g/mol. The number of H-pyrrole nitrogens is 1. The number of primary sulfonamides is 1. The summed E-state index contributed by atoms with van der Waals surface area (Å²) in [5.74, 6) is -0.140. The summed E-state index contributed by atoms with van der Waals surface area (Å²) in [6.45, 7) is 0.457. The van der Waals surface area contributed by atoms with Crippen molar-refractivity contribution in [2.24, 2.45) is 5.14 Å². The molecule has 0 aliphatic rings. The molecule has 1 aromatic heterocycles. The summed E-state index contributed by atoms with van der Waals surface area (Å²) < 4.78 is 22.4. The van der Waals surface area contributed by atoms with Crippen LogP contribution in [0, 0.1) is 0 Å².